The molecule has 0 aromatic rings. The molecule has 1 aliphatic heterocycles. The van der Waals surface area contributed by atoms with Gasteiger partial charge in [-0.25, -0.2) is 4.79 Å². The summed E-state index contributed by atoms with van der Waals surface area (Å²) in [7, 11) is 0. The smallest absolute Gasteiger partial charge is 0.408 e. The molecule has 0 unspecified atom stereocenters. The van der Waals surface area contributed by atoms with Crippen molar-refractivity contribution in [3.05, 3.63) is 0 Å². The summed E-state index contributed by atoms with van der Waals surface area (Å²) >= 11 is 1.63. The molecule has 1 saturated carbocycles. The van der Waals surface area contributed by atoms with Gasteiger partial charge in [-0.1, -0.05) is 33.1 Å². The Labute approximate surface area is 209 Å². The van der Waals surface area contributed by atoms with Gasteiger partial charge in [-0.15, -0.1) is 0 Å². The van der Waals surface area contributed by atoms with Crippen molar-refractivity contribution in [3.63, 3.8) is 0 Å². The quantitative estimate of drug-likeness (QED) is 0.426. The molecule has 1 aliphatic carbocycles. The average Bonchev–Trinajstić information content (AvgIpc) is 3.16. The zero-order chi connectivity index (χ0) is 25.5. The van der Waals surface area contributed by atoms with E-state index in [0.717, 1.165) is 18.6 Å². The summed E-state index contributed by atoms with van der Waals surface area (Å²) in [5, 5.41) is 5.88. The fourth-order valence-electron chi connectivity index (χ4n) is 4.64. The highest BCUT2D eigenvalue weighted by atomic mass is 32.2. The maximum Gasteiger partial charge on any atom is 0.408 e. The predicted molar refractivity (Wildman–Crippen MR) is 138 cm³/mol. The van der Waals surface area contributed by atoms with Crippen LogP contribution in [0.15, 0.2) is 0 Å². The van der Waals surface area contributed by atoms with Gasteiger partial charge in [-0.05, 0) is 64.5 Å². The summed E-state index contributed by atoms with van der Waals surface area (Å²) in [5.41, 5.74) is 6.21. The van der Waals surface area contributed by atoms with Crippen LogP contribution in [0.5, 0.6) is 0 Å². The molecule has 2 fully saturated rings. The number of hydrogen-bond acceptors (Lipinski definition) is 6. The molecular weight excluding hydrogens is 452 g/mol. The predicted octanol–water partition coefficient (Wildman–Crippen LogP) is 3.28. The number of thioether (sulfide) groups is 1. The van der Waals surface area contributed by atoms with E-state index in [9.17, 15) is 14.4 Å². The largest absolute Gasteiger partial charge is 0.447 e. The Kier molecular flexibility index (Phi) is 11.0. The van der Waals surface area contributed by atoms with Crippen LogP contribution in [0.3, 0.4) is 0 Å². The van der Waals surface area contributed by atoms with Crippen LogP contribution in [0.25, 0.3) is 0 Å². The highest BCUT2D eigenvalue weighted by Crippen LogP contribution is 2.32. The lowest BCUT2D eigenvalue weighted by Crippen LogP contribution is -2.60. The third-order valence-electron chi connectivity index (χ3n) is 6.54. The van der Waals surface area contributed by atoms with Crippen LogP contribution in [0, 0.1) is 11.8 Å². The van der Waals surface area contributed by atoms with E-state index in [0.29, 0.717) is 31.3 Å². The molecule has 34 heavy (non-hydrogen) atoms. The fourth-order valence-corrected chi connectivity index (χ4v) is 5.73. The minimum atomic E-state index is -0.846. The van der Waals surface area contributed by atoms with Crippen LogP contribution in [0.4, 0.5) is 4.79 Å². The monoisotopic (exact) mass is 498 g/mol. The van der Waals surface area contributed by atoms with E-state index in [1.165, 1.54) is 19.3 Å². The summed E-state index contributed by atoms with van der Waals surface area (Å²) in [4.78, 5) is 41.0. The van der Waals surface area contributed by atoms with Crippen molar-refractivity contribution in [2.75, 3.05) is 18.8 Å². The number of hydrogen-bond donors (Lipinski definition) is 3. The van der Waals surface area contributed by atoms with Gasteiger partial charge in [0.25, 0.3) is 0 Å². The minimum Gasteiger partial charge on any atom is -0.447 e. The van der Waals surface area contributed by atoms with Gasteiger partial charge in [-0.3, -0.25) is 9.59 Å². The molecular formula is C25H46N4O4S. The Bertz CT molecular complexity index is 694. The van der Waals surface area contributed by atoms with Crippen LogP contribution in [0.2, 0.25) is 0 Å². The molecule has 196 valence electrons. The van der Waals surface area contributed by atoms with E-state index in [4.69, 9.17) is 10.5 Å². The maximum atomic E-state index is 13.8. The second-order valence-electron chi connectivity index (χ2n) is 11.1. The van der Waals surface area contributed by atoms with Crippen LogP contribution < -0.4 is 16.4 Å². The molecule has 3 amide bonds. The first-order chi connectivity index (χ1) is 15.9. The third kappa shape index (κ3) is 8.63. The lowest BCUT2D eigenvalue weighted by molar-refractivity contribution is -0.140. The second-order valence-corrected chi connectivity index (χ2v) is 12.8. The molecule has 0 spiro atoms. The Hall–Kier alpha value is -1.48. The molecule has 0 aromatic carbocycles. The van der Waals surface area contributed by atoms with Crippen molar-refractivity contribution in [1.82, 2.24) is 15.5 Å². The first-order valence-corrected chi connectivity index (χ1v) is 13.8. The van der Waals surface area contributed by atoms with Crippen molar-refractivity contribution < 1.29 is 19.1 Å². The van der Waals surface area contributed by atoms with Crippen LogP contribution >= 0.6 is 11.8 Å². The number of nitrogens with one attached hydrogen (secondary N) is 2. The molecule has 1 saturated heterocycles. The van der Waals surface area contributed by atoms with Crippen molar-refractivity contribution in [1.29, 1.82) is 0 Å². The van der Waals surface area contributed by atoms with Crippen molar-refractivity contribution in [2.45, 2.75) is 109 Å². The SMILES string of the molecule is CC(C)CSC(C)(C)[C@@H](NC(=O)OC(C)C)C(=O)N1C[C@H](N)C[C@H]1C(=O)NCC1CCCCC1. The molecule has 1 heterocycles. The lowest BCUT2D eigenvalue weighted by Gasteiger charge is -2.37. The van der Waals surface area contributed by atoms with E-state index in [-0.39, 0.29) is 24.0 Å². The van der Waals surface area contributed by atoms with Crippen LogP contribution in [0.1, 0.15) is 80.1 Å². The number of rotatable bonds is 10. The summed E-state index contributed by atoms with van der Waals surface area (Å²) in [6.07, 6.45) is 5.45. The van der Waals surface area contributed by atoms with Crippen LogP contribution in [-0.4, -0.2) is 70.6 Å². The van der Waals surface area contributed by atoms with E-state index in [1.54, 1.807) is 30.5 Å². The number of carbonyl (C=O) groups excluding carboxylic acids is 3. The first-order valence-electron chi connectivity index (χ1n) is 12.9. The zero-order valence-electron chi connectivity index (χ0n) is 21.9. The van der Waals surface area contributed by atoms with Gasteiger partial charge in [0, 0.05) is 23.9 Å². The van der Waals surface area contributed by atoms with Gasteiger partial charge in [0.2, 0.25) is 11.8 Å². The minimum absolute atomic E-state index is 0.150. The maximum absolute atomic E-state index is 13.8. The van der Waals surface area contributed by atoms with Crippen molar-refractivity contribution in [2.24, 2.45) is 17.6 Å². The Morgan fingerprint density at radius 1 is 1.12 bits per heavy atom. The molecule has 2 rings (SSSR count). The number of amides is 3. The molecule has 3 atom stereocenters. The number of nitrogens with two attached hydrogens (primary N) is 1. The van der Waals surface area contributed by atoms with E-state index < -0.39 is 22.9 Å². The van der Waals surface area contributed by atoms with E-state index in [1.807, 2.05) is 13.8 Å². The molecule has 8 nitrogen and oxygen atoms in total. The molecule has 0 aromatic heterocycles. The van der Waals surface area contributed by atoms with Gasteiger partial charge < -0.3 is 26.0 Å². The molecule has 9 heteroatoms. The van der Waals surface area contributed by atoms with Crippen molar-refractivity contribution in [3.8, 4) is 0 Å². The topological polar surface area (TPSA) is 114 Å². The van der Waals surface area contributed by atoms with Crippen molar-refractivity contribution >= 4 is 29.7 Å². The summed E-state index contributed by atoms with van der Waals surface area (Å²) in [6.45, 7) is 12.6. The lowest BCUT2D eigenvalue weighted by atomic mass is 9.89. The highest BCUT2D eigenvalue weighted by molar-refractivity contribution is 8.00. The summed E-state index contributed by atoms with van der Waals surface area (Å²) < 4.78 is 4.68. The first kappa shape index (κ1) is 28.8. The van der Waals surface area contributed by atoms with E-state index in [2.05, 4.69) is 24.5 Å². The molecule has 0 bridgehead atoms. The number of likely N-dealkylation sites (tertiary alicyclic amines) is 1. The highest BCUT2D eigenvalue weighted by Gasteiger charge is 2.46. The summed E-state index contributed by atoms with van der Waals surface area (Å²) in [5.74, 6) is 1.34. The number of alkyl carbamates (subject to hydrolysis) is 1. The Morgan fingerprint density at radius 3 is 2.35 bits per heavy atom. The normalized spacial score (nSPS) is 22.7. The Balaban J connectivity index is 2.16. The van der Waals surface area contributed by atoms with Gasteiger partial charge >= 0.3 is 6.09 Å². The van der Waals surface area contributed by atoms with Gasteiger partial charge in [0.15, 0.2) is 0 Å². The zero-order valence-corrected chi connectivity index (χ0v) is 22.7. The third-order valence-corrected chi connectivity index (χ3v) is 8.36. The van der Waals surface area contributed by atoms with Gasteiger partial charge in [-0.2, -0.15) is 11.8 Å². The number of ether oxygens (including phenoxy) is 1. The van der Waals surface area contributed by atoms with Gasteiger partial charge in [0.1, 0.15) is 12.1 Å². The number of carbonyl (C=O) groups is 3. The second kappa shape index (κ2) is 13.0. The fraction of sp³-hybridized carbons (Fsp3) is 0.880. The van der Waals surface area contributed by atoms with E-state index >= 15 is 0 Å². The molecule has 2 aliphatic rings. The number of nitrogens with zero attached hydrogens (tertiary/aromatic N) is 1. The Morgan fingerprint density at radius 2 is 1.76 bits per heavy atom. The average molecular weight is 499 g/mol. The molecule has 0 radical (unpaired) electrons. The molecule has 4 N–H and O–H groups in total. The van der Waals surface area contributed by atoms with Gasteiger partial charge in [0.05, 0.1) is 6.10 Å². The summed E-state index contributed by atoms with van der Waals surface area (Å²) in [6, 6.07) is -1.74. The standard InChI is InChI=1S/C25H46N4O4S/c1-16(2)15-34-25(5,6)21(28-24(32)33-17(3)4)23(31)29-14-19(26)12-20(29)22(30)27-13-18-10-8-7-9-11-18/h16-21H,7-15,26H2,1-6H3,(H,27,30)(H,28,32)/t19-,20+,21+/m1/s1. The van der Waals surface area contributed by atoms with Crippen LogP contribution in [-0.2, 0) is 14.3 Å².